The summed E-state index contributed by atoms with van der Waals surface area (Å²) < 4.78 is 5.08. The lowest BCUT2D eigenvalue weighted by Crippen LogP contribution is -2.22. The summed E-state index contributed by atoms with van der Waals surface area (Å²) in [5.74, 6) is 0.231. The van der Waals surface area contributed by atoms with E-state index in [1.54, 1.807) is 0 Å². The zero-order chi connectivity index (χ0) is 11.7. The number of ether oxygens (including phenoxy) is 1. The van der Waals surface area contributed by atoms with Crippen molar-refractivity contribution in [2.45, 2.75) is 6.42 Å². The van der Waals surface area contributed by atoms with Crippen LogP contribution >= 0.6 is 0 Å². The second kappa shape index (κ2) is 3.88. The van der Waals surface area contributed by atoms with Gasteiger partial charge in [0.05, 0.1) is 5.41 Å². The highest BCUT2D eigenvalue weighted by molar-refractivity contribution is 5.85. The van der Waals surface area contributed by atoms with E-state index in [9.17, 15) is 4.79 Å². The molecule has 1 fully saturated rings. The highest BCUT2D eigenvalue weighted by Crippen LogP contribution is 2.56. The van der Waals surface area contributed by atoms with Crippen LogP contribution in [0.4, 0.5) is 0 Å². The van der Waals surface area contributed by atoms with Gasteiger partial charge in [0.25, 0.3) is 0 Å². The highest BCUT2D eigenvalue weighted by atomic mass is 16.5. The molecule has 1 aliphatic heterocycles. The summed E-state index contributed by atoms with van der Waals surface area (Å²) in [7, 11) is 0. The smallest absolute Gasteiger partial charge is 0.316 e. The molecular weight excluding hydrogens is 212 g/mol. The van der Waals surface area contributed by atoms with Crippen molar-refractivity contribution in [1.29, 1.82) is 0 Å². The van der Waals surface area contributed by atoms with Gasteiger partial charge >= 0.3 is 5.97 Å². The third-order valence-corrected chi connectivity index (χ3v) is 3.49. The summed E-state index contributed by atoms with van der Waals surface area (Å²) in [6.45, 7) is 0.426. The molecule has 0 bridgehead atoms. The molecular formula is C15H14O2. The Bertz CT molecular complexity index is 487. The van der Waals surface area contributed by atoms with Crippen LogP contribution in [0.3, 0.4) is 0 Å². The largest absolute Gasteiger partial charge is 0.461 e. The van der Waals surface area contributed by atoms with Crippen molar-refractivity contribution in [3.8, 4) is 0 Å². The molecule has 0 saturated heterocycles. The van der Waals surface area contributed by atoms with Gasteiger partial charge in [0.1, 0.15) is 6.61 Å². The van der Waals surface area contributed by atoms with Gasteiger partial charge in [0, 0.05) is 0 Å². The van der Waals surface area contributed by atoms with Crippen LogP contribution in [-0.2, 0) is 9.53 Å². The maximum absolute atomic E-state index is 11.7. The summed E-state index contributed by atoms with van der Waals surface area (Å²) in [6, 6.07) is 10.1. The number of cyclic esters (lactones) is 1. The fourth-order valence-corrected chi connectivity index (χ4v) is 2.35. The minimum Gasteiger partial charge on any atom is -0.461 e. The summed E-state index contributed by atoms with van der Waals surface area (Å²) >= 11 is 0. The van der Waals surface area contributed by atoms with Gasteiger partial charge in [0.2, 0.25) is 0 Å². The Kier molecular flexibility index (Phi) is 2.36. The van der Waals surface area contributed by atoms with E-state index in [0.29, 0.717) is 12.5 Å². The van der Waals surface area contributed by atoms with Gasteiger partial charge in [-0.25, -0.2) is 0 Å². The number of carbonyl (C=O) groups is 1. The molecule has 86 valence electrons. The van der Waals surface area contributed by atoms with Gasteiger partial charge in [-0.05, 0) is 17.9 Å². The van der Waals surface area contributed by atoms with Crippen molar-refractivity contribution >= 4 is 12.0 Å². The molecule has 1 unspecified atom stereocenters. The maximum Gasteiger partial charge on any atom is 0.316 e. The maximum atomic E-state index is 11.7. The minimum atomic E-state index is -0.344. The van der Waals surface area contributed by atoms with Crippen LogP contribution in [0.15, 0.2) is 48.6 Å². The van der Waals surface area contributed by atoms with Crippen molar-refractivity contribution in [3.63, 3.8) is 0 Å². The molecule has 0 amide bonds. The lowest BCUT2D eigenvalue weighted by molar-refractivity contribution is -0.148. The van der Waals surface area contributed by atoms with Crippen LogP contribution < -0.4 is 0 Å². The standard InChI is InChI=1S/C15H14O2/c16-14-15(9-4-10-17-14)11-13(15)8-7-12-5-2-1-3-6-12/h1-9,13H,10-11H2/t13-,15?/m1/s1. The van der Waals surface area contributed by atoms with Gasteiger partial charge in [0.15, 0.2) is 0 Å². The Labute approximate surface area is 101 Å². The van der Waals surface area contributed by atoms with Gasteiger partial charge < -0.3 is 4.74 Å². The van der Waals surface area contributed by atoms with Crippen LogP contribution in [0.2, 0.25) is 0 Å². The second-order valence-electron chi connectivity index (χ2n) is 4.62. The molecule has 0 aromatic heterocycles. The first kappa shape index (κ1) is 10.3. The molecule has 2 nitrogen and oxygen atoms in total. The fraction of sp³-hybridized carbons (Fsp3) is 0.267. The number of benzene rings is 1. The number of hydrogen-bond acceptors (Lipinski definition) is 2. The predicted octanol–water partition coefficient (Wildman–Crippen LogP) is 2.82. The van der Waals surface area contributed by atoms with Crippen molar-refractivity contribution in [2.75, 3.05) is 6.61 Å². The van der Waals surface area contributed by atoms with E-state index in [4.69, 9.17) is 4.74 Å². The van der Waals surface area contributed by atoms with Crippen molar-refractivity contribution in [2.24, 2.45) is 11.3 Å². The molecule has 1 heterocycles. The molecule has 0 radical (unpaired) electrons. The molecule has 1 spiro atoms. The van der Waals surface area contributed by atoms with E-state index in [2.05, 4.69) is 24.3 Å². The van der Waals surface area contributed by atoms with E-state index >= 15 is 0 Å². The average Bonchev–Trinajstić information content (AvgIpc) is 3.07. The van der Waals surface area contributed by atoms with Crippen LogP contribution in [0, 0.1) is 11.3 Å². The Morgan fingerprint density at radius 1 is 1.29 bits per heavy atom. The molecule has 2 heteroatoms. The summed E-state index contributed by atoms with van der Waals surface area (Å²) in [5, 5.41) is 0. The molecule has 1 saturated carbocycles. The average molecular weight is 226 g/mol. The molecule has 3 rings (SSSR count). The van der Waals surface area contributed by atoms with Gasteiger partial charge in [-0.15, -0.1) is 0 Å². The first-order valence-electron chi connectivity index (χ1n) is 5.89. The lowest BCUT2D eigenvalue weighted by atomic mass is 10.0. The van der Waals surface area contributed by atoms with Crippen molar-refractivity contribution in [1.82, 2.24) is 0 Å². The normalized spacial score (nSPS) is 30.8. The van der Waals surface area contributed by atoms with Gasteiger partial charge in [-0.3, -0.25) is 4.79 Å². The Morgan fingerprint density at radius 3 is 2.88 bits per heavy atom. The monoisotopic (exact) mass is 226 g/mol. The number of rotatable bonds is 2. The number of esters is 1. The summed E-state index contributed by atoms with van der Waals surface area (Å²) in [6.07, 6.45) is 9.03. The predicted molar refractivity (Wildman–Crippen MR) is 66.1 cm³/mol. The Hall–Kier alpha value is -1.83. The molecule has 2 aliphatic rings. The van der Waals surface area contributed by atoms with Crippen LogP contribution in [0.25, 0.3) is 6.08 Å². The van der Waals surface area contributed by atoms with Crippen LogP contribution in [-0.4, -0.2) is 12.6 Å². The molecule has 0 N–H and O–H groups in total. The number of hydrogen-bond donors (Lipinski definition) is 0. The molecule has 17 heavy (non-hydrogen) atoms. The van der Waals surface area contributed by atoms with Gasteiger partial charge in [-0.2, -0.15) is 0 Å². The van der Waals surface area contributed by atoms with E-state index in [1.807, 2.05) is 30.4 Å². The first-order valence-corrected chi connectivity index (χ1v) is 5.89. The van der Waals surface area contributed by atoms with Crippen LogP contribution in [0.1, 0.15) is 12.0 Å². The quantitative estimate of drug-likeness (QED) is 0.572. The molecule has 1 aromatic rings. The van der Waals surface area contributed by atoms with E-state index in [-0.39, 0.29) is 11.4 Å². The van der Waals surface area contributed by atoms with E-state index in [0.717, 1.165) is 6.42 Å². The topological polar surface area (TPSA) is 26.3 Å². The molecule has 2 atom stereocenters. The highest BCUT2D eigenvalue weighted by Gasteiger charge is 2.58. The fourth-order valence-electron chi connectivity index (χ4n) is 2.35. The van der Waals surface area contributed by atoms with E-state index < -0.39 is 0 Å². The zero-order valence-electron chi connectivity index (χ0n) is 9.50. The van der Waals surface area contributed by atoms with Gasteiger partial charge in [-0.1, -0.05) is 54.6 Å². The zero-order valence-corrected chi connectivity index (χ0v) is 9.50. The second-order valence-corrected chi connectivity index (χ2v) is 4.62. The molecule has 1 aromatic carbocycles. The van der Waals surface area contributed by atoms with Crippen LogP contribution in [0.5, 0.6) is 0 Å². The minimum absolute atomic E-state index is 0.0669. The Balaban J connectivity index is 1.73. The van der Waals surface area contributed by atoms with E-state index in [1.165, 1.54) is 5.56 Å². The Morgan fingerprint density at radius 2 is 2.12 bits per heavy atom. The summed E-state index contributed by atoms with van der Waals surface area (Å²) in [5.41, 5.74) is 0.825. The third kappa shape index (κ3) is 1.80. The number of carbonyl (C=O) groups excluding carboxylic acids is 1. The molecule has 1 aliphatic carbocycles. The third-order valence-electron chi connectivity index (χ3n) is 3.49. The van der Waals surface area contributed by atoms with Crippen molar-refractivity contribution in [3.05, 3.63) is 54.1 Å². The SMILES string of the molecule is O=C1OCC=CC12C[C@H]2C=Cc1ccccc1. The number of allylic oxidation sites excluding steroid dienone is 1. The summed E-state index contributed by atoms with van der Waals surface area (Å²) in [4.78, 5) is 11.7. The first-order chi connectivity index (χ1) is 8.31. The lowest BCUT2D eigenvalue weighted by Gasteiger charge is -2.14. The van der Waals surface area contributed by atoms with Crippen molar-refractivity contribution < 1.29 is 9.53 Å².